The van der Waals surface area contributed by atoms with Crippen molar-refractivity contribution >= 4 is 27.7 Å². The number of halogens is 1. The number of amides is 2. The Balaban J connectivity index is 1.64. The van der Waals surface area contributed by atoms with Crippen molar-refractivity contribution in [3.8, 4) is 0 Å². The molecule has 26 heavy (non-hydrogen) atoms. The zero-order valence-electron chi connectivity index (χ0n) is 14.9. The molecule has 0 bridgehead atoms. The molecule has 138 valence electrons. The maximum Gasteiger partial charge on any atom is 0.257 e. The fraction of sp³-hybridized carbons (Fsp3) is 0.400. The third kappa shape index (κ3) is 4.18. The number of likely N-dealkylation sites (tertiary alicyclic amines) is 1. The summed E-state index contributed by atoms with van der Waals surface area (Å²) >= 11 is 3.25. The normalized spacial score (nSPS) is 15.1. The van der Waals surface area contributed by atoms with Crippen molar-refractivity contribution < 1.29 is 14.0 Å². The topological polar surface area (TPSA) is 53.8 Å². The van der Waals surface area contributed by atoms with Gasteiger partial charge in [0, 0.05) is 37.3 Å². The number of hydrogen-bond acceptors (Lipinski definition) is 3. The van der Waals surface area contributed by atoms with Crippen LogP contribution in [0.2, 0.25) is 0 Å². The molecule has 2 aromatic rings. The summed E-state index contributed by atoms with van der Waals surface area (Å²) in [5.74, 6) is 0.0605. The highest BCUT2D eigenvalue weighted by Gasteiger charge is 2.30. The lowest BCUT2D eigenvalue weighted by atomic mass is 10.0. The van der Waals surface area contributed by atoms with Gasteiger partial charge in [-0.2, -0.15) is 0 Å². The first-order valence-corrected chi connectivity index (χ1v) is 9.78. The molecule has 0 unspecified atom stereocenters. The first-order chi connectivity index (χ1) is 12.6. The minimum Gasteiger partial charge on any atom is -0.457 e. The van der Waals surface area contributed by atoms with Gasteiger partial charge in [-0.25, -0.2) is 0 Å². The van der Waals surface area contributed by atoms with E-state index in [1.165, 1.54) is 6.26 Å². The molecule has 0 spiro atoms. The molecule has 6 heteroatoms. The second kappa shape index (κ2) is 8.54. The number of furan rings is 1. The fourth-order valence-corrected chi connectivity index (χ4v) is 3.76. The van der Waals surface area contributed by atoms with E-state index in [0.717, 1.165) is 24.8 Å². The van der Waals surface area contributed by atoms with Gasteiger partial charge in [0.2, 0.25) is 0 Å². The molecule has 0 atom stereocenters. The minimum absolute atomic E-state index is 0.00543. The second-order valence-electron chi connectivity index (χ2n) is 6.53. The van der Waals surface area contributed by atoms with Gasteiger partial charge in [0.1, 0.15) is 6.26 Å². The van der Waals surface area contributed by atoms with Crippen molar-refractivity contribution in [3.05, 3.63) is 58.5 Å². The van der Waals surface area contributed by atoms with E-state index in [4.69, 9.17) is 4.42 Å². The van der Waals surface area contributed by atoms with Crippen LogP contribution >= 0.6 is 15.9 Å². The predicted octanol–water partition coefficient (Wildman–Crippen LogP) is 4.20. The largest absolute Gasteiger partial charge is 0.457 e. The number of hydrogen-bond donors (Lipinski definition) is 0. The summed E-state index contributed by atoms with van der Waals surface area (Å²) in [4.78, 5) is 29.3. The van der Waals surface area contributed by atoms with Gasteiger partial charge in [-0.15, -0.1) is 0 Å². The summed E-state index contributed by atoms with van der Waals surface area (Å²) in [7, 11) is 0. The molecule has 1 aliphatic heterocycles. The van der Waals surface area contributed by atoms with Crippen LogP contribution < -0.4 is 0 Å². The van der Waals surface area contributed by atoms with Crippen molar-refractivity contribution in [2.75, 3.05) is 19.6 Å². The van der Waals surface area contributed by atoms with Crippen LogP contribution in [0.5, 0.6) is 0 Å². The molecule has 0 N–H and O–H groups in total. The third-order valence-corrected chi connectivity index (χ3v) is 5.17. The predicted molar refractivity (Wildman–Crippen MR) is 103 cm³/mol. The van der Waals surface area contributed by atoms with Crippen molar-refractivity contribution in [3.63, 3.8) is 0 Å². The average Bonchev–Trinajstić information content (AvgIpc) is 3.12. The molecule has 1 aromatic carbocycles. The Labute approximate surface area is 162 Å². The Kier molecular flexibility index (Phi) is 6.14. The molecule has 0 saturated carbocycles. The van der Waals surface area contributed by atoms with E-state index in [1.54, 1.807) is 6.07 Å². The zero-order chi connectivity index (χ0) is 18.5. The smallest absolute Gasteiger partial charge is 0.257 e. The van der Waals surface area contributed by atoms with Gasteiger partial charge in [-0.05, 0) is 47.3 Å². The van der Waals surface area contributed by atoms with Gasteiger partial charge in [0.15, 0.2) is 4.67 Å². The molecule has 0 radical (unpaired) electrons. The van der Waals surface area contributed by atoms with Crippen molar-refractivity contribution in [1.82, 2.24) is 9.80 Å². The van der Waals surface area contributed by atoms with Crippen LogP contribution in [0.25, 0.3) is 0 Å². The van der Waals surface area contributed by atoms with Crippen LogP contribution in [0.4, 0.5) is 0 Å². The molecular weight excluding hydrogens is 396 g/mol. The Morgan fingerprint density at radius 3 is 2.46 bits per heavy atom. The fourth-order valence-electron chi connectivity index (χ4n) is 3.42. The van der Waals surface area contributed by atoms with E-state index in [-0.39, 0.29) is 17.9 Å². The van der Waals surface area contributed by atoms with Crippen molar-refractivity contribution in [1.29, 1.82) is 0 Å². The Morgan fingerprint density at radius 1 is 1.19 bits per heavy atom. The molecule has 0 aliphatic carbocycles. The van der Waals surface area contributed by atoms with E-state index < -0.39 is 0 Å². The number of carbonyl (C=O) groups excluding carboxylic acids is 2. The standard InChI is InChI=1S/C20H23BrN2O3/c1-2-10-23(20(25)16-13-18(21)26-14-16)17-8-11-22(12-9-17)19(24)15-6-4-3-5-7-15/h3-7,13-14,17H,2,8-12H2,1H3. The quantitative estimate of drug-likeness (QED) is 0.730. The van der Waals surface area contributed by atoms with Gasteiger partial charge < -0.3 is 14.2 Å². The SMILES string of the molecule is CCCN(C(=O)c1coc(Br)c1)C1CCN(C(=O)c2ccccc2)CC1. The summed E-state index contributed by atoms with van der Waals surface area (Å²) in [5.41, 5.74) is 1.28. The van der Waals surface area contributed by atoms with Crippen LogP contribution in [-0.4, -0.2) is 47.3 Å². The Hall–Kier alpha value is -2.08. The van der Waals surface area contributed by atoms with E-state index >= 15 is 0 Å². The van der Waals surface area contributed by atoms with Crippen LogP contribution in [-0.2, 0) is 0 Å². The summed E-state index contributed by atoms with van der Waals surface area (Å²) in [6.45, 7) is 4.11. The Morgan fingerprint density at radius 2 is 1.88 bits per heavy atom. The lowest BCUT2D eigenvalue weighted by molar-refractivity contribution is 0.0519. The number of piperidine rings is 1. The molecule has 2 heterocycles. The highest BCUT2D eigenvalue weighted by atomic mass is 79.9. The van der Waals surface area contributed by atoms with Gasteiger partial charge in [-0.3, -0.25) is 9.59 Å². The van der Waals surface area contributed by atoms with Crippen LogP contribution in [0, 0.1) is 0 Å². The molecule has 1 saturated heterocycles. The Bertz CT molecular complexity index is 751. The lowest BCUT2D eigenvalue weighted by Gasteiger charge is -2.38. The van der Waals surface area contributed by atoms with E-state index in [9.17, 15) is 9.59 Å². The van der Waals surface area contributed by atoms with Crippen LogP contribution in [0.3, 0.4) is 0 Å². The maximum atomic E-state index is 12.8. The van der Waals surface area contributed by atoms with E-state index in [2.05, 4.69) is 22.9 Å². The maximum absolute atomic E-state index is 12.8. The number of rotatable bonds is 5. The average molecular weight is 419 g/mol. The van der Waals surface area contributed by atoms with Gasteiger partial charge >= 0.3 is 0 Å². The number of benzene rings is 1. The van der Waals surface area contributed by atoms with Crippen LogP contribution in [0.15, 0.2) is 51.7 Å². The zero-order valence-corrected chi connectivity index (χ0v) is 16.4. The van der Waals surface area contributed by atoms with Gasteiger partial charge in [-0.1, -0.05) is 25.1 Å². The minimum atomic E-state index is -0.00543. The summed E-state index contributed by atoms with van der Waals surface area (Å²) in [5, 5.41) is 0. The number of carbonyl (C=O) groups is 2. The van der Waals surface area contributed by atoms with Gasteiger partial charge in [0.05, 0.1) is 5.56 Å². The molecule has 1 aliphatic rings. The first-order valence-electron chi connectivity index (χ1n) is 8.99. The summed E-state index contributed by atoms with van der Waals surface area (Å²) in [6.07, 6.45) is 3.98. The molecule has 1 aromatic heterocycles. The second-order valence-corrected chi connectivity index (χ2v) is 7.31. The van der Waals surface area contributed by atoms with Crippen LogP contribution in [0.1, 0.15) is 46.9 Å². The van der Waals surface area contributed by atoms with E-state index in [0.29, 0.717) is 29.9 Å². The monoisotopic (exact) mass is 418 g/mol. The molecule has 1 fully saturated rings. The third-order valence-electron chi connectivity index (χ3n) is 4.75. The summed E-state index contributed by atoms with van der Waals surface area (Å²) < 4.78 is 5.77. The molecule has 3 rings (SSSR count). The molecule has 5 nitrogen and oxygen atoms in total. The highest BCUT2D eigenvalue weighted by Crippen LogP contribution is 2.23. The van der Waals surface area contributed by atoms with Gasteiger partial charge in [0.25, 0.3) is 11.8 Å². The molecule has 2 amide bonds. The van der Waals surface area contributed by atoms with Crippen molar-refractivity contribution in [2.45, 2.75) is 32.2 Å². The highest BCUT2D eigenvalue weighted by molar-refractivity contribution is 9.10. The lowest BCUT2D eigenvalue weighted by Crippen LogP contribution is -2.49. The van der Waals surface area contributed by atoms with E-state index in [1.807, 2.05) is 40.1 Å². The first kappa shape index (κ1) is 18.7. The summed E-state index contributed by atoms with van der Waals surface area (Å²) in [6, 6.07) is 11.2. The number of nitrogens with zero attached hydrogens (tertiary/aromatic N) is 2. The molecular formula is C20H23BrN2O3. The van der Waals surface area contributed by atoms with Crippen molar-refractivity contribution in [2.24, 2.45) is 0 Å².